The predicted octanol–water partition coefficient (Wildman–Crippen LogP) is 4.48. The fourth-order valence-electron chi connectivity index (χ4n) is 4.35. The van der Waals surface area contributed by atoms with E-state index in [0.29, 0.717) is 6.42 Å². The van der Waals surface area contributed by atoms with Crippen molar-refractivity contribution in [1.82, 2.24) is 10.6 Å². The first-order valence-corrected chi connectivity index (χ1v) is 11.4. The summed E-state index contributed by atoms with van der Waals surface area (Å²) in [6.45, 7) is 6.42. The zero-order chi connectivity index (χ0) is 24.7. The number of carbonyl (C=O) groups excluding carboxylic acids is 2. The molecule has 0 radical (unpaired) electrons. The van der Waals surface area contributed by atoms with E-state index in [9.17, 15) is 14.4 Å². The number of ether oxygens (including phenoxy) is 1. The molecule has 2 amide bonds. The summed E-state index contributed by atoms with van der Waals surface area (Å²) in [5.41, 5.74) is 4.47. The average molecular weight is 465 g/mol. The Morgan fingerprint density at radius 2 is 1.62 bits per heavy atom. The second-order valence-electron chi connectivity index (χ2n) is 9.68. The van der Waals surface area contributed by atoms with E-state index >= 15 is 0 Å². The van der Waals surface area contributed by atoms with E-state index in [1.165, 1.54) is 6.08 Å². The minimum atomic E-state index is -1.07. The van der Waals surface area contributed by atoms with E-state index in [-0.39, 0.29) is 36.8 Å². The fraction of sp³-hybridized carbons (Fsp3) is 0.370. The lowest BCUT2D eigenvalue weighted by molar-refractivity contribution is -0.131. The Hall–Kier alpha value is -3.61. The van der Waals surface area contributed by atoms with Crippen LogP contribution in [0.5, 0.6) is 0 Å². The maximum absolute atomic E-state index is 12.7. The Kier molecular flexibility index (Phi) is 8.10. The lowest BCUT2D eigenvalue weighted by Crippen LogP contribution is -2.41. The van der Waals surface area contributed by atoms with Crippen molar-refractivity contribution in [2.75, 3.05) is 13.2 Å². The molecule has 3 N–H and O–H groups in total. The highest BCUT2D eigenvalue weighted by Gasteiger charge is 2.30. The Morgan fingerprint density at radius 1 is 1.03 bits per heavy atom. The molecule has 0 aliphatic heterocycles. The van der Waals surface area contributed by atoms with Gasteiger partial charge in [0.15, 0.2) is 0 Å². The highest BCUT2D eigenvalue weighted by atomic mass is 16.5. The smallest absolute Gasteiger partial charge is 0.407 e. The standard InChI is InChI=1S/C27H32N2O5/c1-27(2,3)16-18(15-24(30)28-14-8-13-25(31)32)29-26(33)34-17-23-21-11-6-4-9-19(21)20-10-5-7-12-22(20)23/h4-13,18,23H,14-17H2,1-3H3,(H,28,30)(H,29,33)(H,31,32)/b13-8+. The van der Waals surface area contributed by atoms with Crippen LogP contribution in [0.1, 0.15) is 50.7 Å². The van der Waals surface area contributed by atoms with Gasteiger partial charge in [-0.2, -0.15) is 0 Å². The number of benzene rings is 2. The molecule has 1 atom stereocenters. The van der Waals surface area contributed by atoms with Crippen LogP contribution in [0.3, 0.4) is 0 Å². The van der Waals surface area contributed by atoms with Gasteiger partial charge in [-0.25, -0.2) is 9.59 Å². The molecule has 0 saturated carbocycles. The number of carbonyl (C=O) groups is 3. The van der Waals surface area contributed by atoms with Gasteiger partial charge in [-0.1, -0.05) is 75.4 Å². The summed E-state index contributed by atoms with van der Waals surface area (Å²) in [5.74, 6) is -1.39. The van der Waals surface area contributed by atoms with Crippen LogP contribution >= 0.6 is 0 Å². The van der Waals surface area contributed by atoms with Gasteiger partial charge in [0.25, 0.3) is 0 Å². The van der Waals surface area contributed by atoms with Crippen LogP contribution in [0, 0.1) is 5.41 Å². The topological polar surface area (TPSA) is 105 Å². The third kappa shape index (κ3) is 6.94. The van der Waals surface area contributed by atoms with Crippen molar-refractivity contribution >= 4 is 18.0 Å². The summed E-state index contributed by atoms with van der Waals surface area (Å²) in [4.78, 5) is 35.5. The third-order valence-corrected chi connectivity index (χ3v) is 5.63. The summed E-state index contributed by atoms with van der Waals surface area (Å²) in [6.07, 6.45) is 2.42. The van der Waals surface area contributed by atoms with Gasteiger partial charge in [-0.15, -0.1) is 0 Å². The Bertz CT molecular complexity index is 1030. The van der Waals surface area contributed by atoms with E-state index in [4.69, 9.17) is 9.84 Å². The fourth-order valence-corrected chi connectivity index (χ4v) is 4.35. The quantitative estimate of drug-likeness (QED) is 0.475. The van der Waals surface area contributed by atoms with E-state index in [1.807, 2.05) is 45.0 Å². The maximum atomic E-state index is 12.7. The minimum Gasteiger partial charge on any atom is -0.478 e. The summed E-state index contributed by atoms with van der Waals surface area (Å²) in [6, 6.07) is 15.9. The van der Waals surface area contributed by atoms with Gasteiger partial charge in [0.1, 0.15) is 6.61 Å². The summed E-state index contributed by atoms with van der Waals surface area (Å²) < 4.78 is 5.63. The number of alkyl carbamates (subject to hydrolysis) is 1. The maximum Gasteiger partial charge on any atom is 0.407 e. The Labute approximate surface area is 200 Å². The lowest BCUT2D eigenvalue weighted by Gasteiger charge is -2.26. The molecule has 0 heterocycles. The van der Waals surface area contributed by atoms with Crippen molar-refractivity contribution in [3.8, 4) is 11.1 Å². The zero-order valence-corrected chi connectivity index (χ0v) is 19.8. The lowest BCUT2D eigenvalue weighted by atomic mass is 9.87. The third-order valence-electron chi connectivity index (χ3n) is 5.63. The molecule has 0 spiro atoms. The van der Waals surface area contributed by atoms with Crippen molar-refractivity contribution in [3.63, 3.8) is 0 Å². The molecule has 3 rings (SSSR count). The van der Waals surface area contributed by atoms with Crippen LogP contribution in [0.15, 0.2) is 60.7 Å². The summed E-state index contributed by atoms with van der Waals surface area (Å²) >= 11 is 0. The van der Waals surface area contributed by atoms with Crippen LogP contribution in [0.2, 0.25) is 0 Å². The molecule has 0 bridgehead atoms. The number of carboxylic acid groups (broad SMARTS) is 1. The van der Waals surface area contributed by atoms with Crippen molar-refractivity contribution in [2.45, 2.75) is 45.6 Å². The average Bonchev–Trinajstić information content (AvgIpc) is 3.08. The van der Waals surface area contributed by atoms with Gasteiger partial charge in [-0.05, 0) is 34.1 Å². The number of rotatable bonds is 9. The summed E-state index contributed by atoms with van der Waals surface area (Å²) in [5, 5.41) is 14.1. The number of carboxylic acids is 1. The number of amides is 2. The van der Waals surface area contributed by atoms with Crippen LogP contribution in [0.4, 0.5) is 4.79 Å². The molecule has 180 valence electrons. The molecule has 2 aromatic carbocycles. The van der Waals surface area contributed by atoms with Gasteiger partial charge in [0.05, 0.1) is 0 Å². The van der Waals surface area contributed by atoms with Crippen molar-refractivity contribution < 1.29 is 24.2 Å². The number of aliphatic carboxylic acids is 1. The second-order valence-corrected chi connectivity index (χ2v) is 9.68. The number of nitrogens with one attached hydrogen (secondary N) is 2. The van der Waals surface area contributed by atoms with E-state index in [2.05, 4.69) is 34.9 Å². The van der Waals surface area contributed by atoms with Crippen LogP contribution in [-0.4, -0.2) is 42.3 Å². The summed E-state index contributed by atoms with van der Waals surface area (Å²) in [7, 11) is 0. The van der Waals surface area contributed by atoms with Gasteiger partial charge in [0, 0.05) is 31.0 Å². The van der Waals surface area contributed by atoms with Gasteiger partial charge in [-0.3, -0.25) is 4.79 Å². The molecule has 0 aromatic heterocycles. The molecule has 34 heavy (non-hydrogen) atoms. The Balaban J connectivity index is 1.60. The highest BCUT2D eigenvalue weighted by Crippen LogP contribution is 2.44. The SMILES string of the molecule is CC(C)(C)CC(CC(=O)NC/C=C/C(=O)O)NC(=O)OCC1c2ccccc2-c2ccccc21. The predicted molar refractivity (Wildman–Crippen MR) is 130 cm³/mol. The van der Waals surface area contributed by atoms with Crippen LogP contribution < -0.4 is 10.6 Å². The molecule has 0 saturated heterocycles. The van der Waals surface area contributed by atoms with Gasteiger partial charge >= 0.3 is 12.1 Å². The number of hydrogen-bond acceptors (Lipinski definition) is 4. The van der Waals surface area contributed by atoms with Gasteiger partial charge in [0.2, 0.25) is 5.91 Å². The molecular weight excluding hydrogens is 432 g/mol. The first kappa shape index (κ1) is 25.0. The van der Waals surface area contributed by atoms with Crippen molar-refractivity contribution in [2.24, 2.45) is 5.41 Å². The molecule has 2 aromatic rings. The van der Waals surface area contributed by atoms with E-state index < -0.39 is 18.1 Å². The molecule has 1 aliphatic carbocycles. The number of fused-ring (bicyclic) bond motifs is 3. The molecule has 0 fully saturated rings. The highest BCUT2D eigenvalue weighted by molar-refractivity contribution is 5.81. The van der Waals surface area contributed by atoms with E-state index in [0.717, 1.165) is 28.3 Å². The minimum absolute atomic E-state index is 0.0384. The normalized spacial score (nSPS) is 13.7. The first-order valence-electron chi connectivity index (χ1n) is 11.4. The van der Waals surface area contributed by atoms with Crippen molar-refractivity contribution in [3.05, 3.63) is 71.8 Å². The zero-order valence-electron chi connectivity index (χ0n) is 19.8. The van der Waals surface area contributed by atoms with Crippen LogP contribution in [-0.2, 0) is 14.3 Å². The van der Waals surface area contributed by atoms with Crippen LogP contribution in [0.25, 0.3) is 11.1 Å². The van der Waals surface area contributed by atoms with Crippen molar-refractivity contribution in [1.29, 1.82) is 0 Å². The molecule has 7 heteroatoms. The molecule has 1 unspecified atom stereocenters. The van der Waals surface area contributed by atoms with E-state index in [1.54, 1.807) is 0 Å². The second kappa shape index (κ2) is 11.0. The number of hydrogen-bond donors (Lipinski definition) is 3. The molecular formula is C27H32N2O5. The molecule has 1 aliphatic rings. The van der Waals surface area contributed by atoms with Gasteiger partial charge < -0.3 is 20.5 Å². The molecule has 7 nitrogen and oxygen atoms in total. The largest absolute Gasteiger partial charge is 0.478 e. The Morgan fingerprint density at radius 3 is 2.18 bits per heavy atom. The monoisotopic (exact) mass is 464 g/mol. The first-order chi connectivity index (χ1) is 16.1.